The molecule has 0 aromatic carbocycles. The molecule has 1 heterocycles. The van der Waals surface area contributed by atoms with Crippen molar-refractivity contribution in [2.75, 3.05) is 0 Å². The molecular formula is C10H13NO. The molecule has 64 valence electrons. The first kappa shape index (κ1) is 8.94. The number of aliphatic hydroxyl groups is 1. The summed E-state index contributed by atoms with van der Waals surface area (Å²) in [5.74, 6) is 0. The Morgan fingerprint density at radius 2 is 2.42 bits per heavy atom. The van der Waals surface area contributed by atoms with Gasteiger partial charge in [0, 0.05) is 18.0 Å². The Morgan fingerprint density at radius 3 is 2.92 bits per heavy atom. The summed E-state index contributed by atoms with van der Waals surface area (Å²) in [7, 11) is 0. The van der Waals surface area contributed by atoms with Crippen LogP contribution in [0.1, 0.15) is 25.5 Å². The van der Waals surface area contributed by atoms with E-state index in [-0.39, 0.29) is 0 Å². The molecule has 0 aliphatic heterocycles. The number of hydrogen-bond acceptors (Lipinski definition) is 2. The smallest absolute Gasteiger partial charge is 0.101 e. The molecule has 1 aromatic heterocycles. The molecule has 0 spiro atoms. The highest BCUT2D eigenvalue weighted by molar-refractivity contribution is 5.21. The highest BCUT2D eigenvalue weighted by Gasteiger charge is 2.07. The van der Waals surface area contributed by atoms with Crippen LogP contribution in [-0.2, 0) is 0 Å². The first-order valence-corrected chi connectivity index (χ1v) is 3.96. The van der Waals surface area contributed by atoms with Gasteiger partial charge in [-0.15, -0.1) is 0 Å². The van der Waals surface area contributed by atoms with Crippen LogP contribution < -0.4 is 0 Å². The number of pyridine rings is 1. The van der Waals surface area contributed by atoms with Crippen molar-refractivity contribution in [2.45, 2.75) is 20.0 Å². The van der Waals surface area contributed by atoms with Gasteiger partial charge in [-0.25, -0.2) is 0 Å². The molecule has 2 heteroatoms. The molecule has 1 atom stereocenters. The molecule has 0 saturated carbocycles. The van der Waals surface area contributed by atoms with Crippen molar-refractivity contribution in [1.82, 2.24) is 4.98 Å². The van der Waals surface area contributed by atoms with Crippen molar-refractivity contribution in [2.24, 2.45) is 0 Å². The van der Waals surface area contributed by atoms with Crippen LogP contribution in [0, 0.1) is 0 Å². The zero-order valence-electron chi connectivity index (χ0n) is 7.36. The Bertz CT molecular complexity index is 266. The second kappa shape index (κ2) is 4.02. The minimum absolute atomic E-state index is 0.510. The standard InChI is InChI=1S/C10H13NO/c1-3-8(2)10(12)9-5-4-6-11-7-9/h3-7,10,12H,1-2H3/b8-3+. The lowest BCUT2D eigenvalue weighted by atomic mass is 10.1. The summed E-state index contributed by atoms with van der Waals surface area (Å²) in [5, 5.41) is 9.68. The zero-order valence-corrected chi connectivity index (χ0v) is 7.36. The maximum absolute atomic E-state index is 9.68. The Balaban J connectivity index is 2.86. The third kappa shape index (κ3) is 1.92. The second-order valence-corrected chi connectivity index (χ2v) is 2.72. The van der Waals surface area contributed by atoms with E-state index in [4.69, 9.17) is 0 Å². The molecule has 12 heavy (non-hydrogen) atoms. The fourth-order valence-corrected chi connectivity index (χ4v) is 0.958. The van der Waals surface area contributed by atoms with Crippen LogP contribution in [0.15, 0.2) is 36.2 Å². The molecule has 2 nitrogen and oxygen atoms in total. The molecule has 1 unspecified atom stereocenters. The van der Waals surface area contributed by atoms with Crippen LogP contribution in [0.5, 0.6) is 0 Å². The van der Waals surface area contributed by atoms with Crippen LogP contribution in [0.25, 0.3) is 0 Å². The summed E-state index contributed by atoms with van der Waals surface area (Å²) in [6.45, 7) is 3.81. The van der Waals surface area contributed by atoms with Crippen molar-refractivity contribution in [1.29, 1.82) is 0 Å². The fourth-order valence-electron chi connectivity index (χ4n) is 0.958. The average Bonchev–Trinajstić information content (AvgIpc) is 2.17. The molecular weight excluding hydrogens is 150 g/mol. The van der Waals surface area contributed by atoms with E-state index in [1.807, 2.05) is 32.1 Å². The monoisotopic (exact) mass is 163 g/mol. The van der Waals surface area contributed by atoms with E-state index in [0.29, 0.717) is 0 Å². The van der Waals surface area contributed by atoms with E-state index >= 15 is 0 Å². The van der Waals surface area contributed by atoms with Gasteiger partial charge in [0.25, 0.3) is 0 Å². The number of aromatic nitrogens is 1. The summed E-state index contributed by atoms with van der Waals surface area (Å²) in [5.41, 5.74) is 1.79. The molecule has 1 N–H and O–H groups in total. The van der Waals surface area contributed by atoms with Gasteiger partial charge in [0.1, 0.15) is 6.10 Å². The van der Waals surface area contributed by atoms with Crippen molar-refractivity contribution >= 4 is 0 Å². The lowest BCUT2D eigenvalue weighted by molar-refractivity contribution is 0.215. The Kier molecular flexibility index (Phi) is 3.00. The van der Waals surface area contributed by atoms with Crippen LogP contribution in [0.2, 0.25) is 0 Å². The summed E-state index contributed by atoms with van der Waals surface area (Å²) in [4.78, 5) is 3.94. The van der Waals surface area contributed by atoms with Crippen molar-refractivity contribution in [3.05, 3.63) is 41.7 Å². The Labute approximate surface area is 72.6 Å². The van der Waals surface area contributed by atoms with Gasteiger partial charge in [-0.05, 0) is 25.5 Å². The SMILES string of the molecule is C/C=C(\C)C(O)c1cccnc1. The van der Waals surface area contributed by atoms with Crippen LogP contribution in [-0.4, -0.2) is 10.1 Å². The minimum atomic E-state index is -0.510. The quantitative estimate of drug-likeness (QED) is 0.677. The van der Waals surface area contributed by atoms with Gasteiger partial charge in [-0.2, -0.15) is 0 Å². The molecule has 0 fully saturated rings. The molecule has 1 rings (SSSR count). The van der Waals surface area contributed by atoms with Gasteiger partial charge < -0.3 is 5.11 Å². The first-order chi connectivity index (χ1) is 5.75. The highest BCUT2D eigenvalue weighted by Crippen LogP contribution is 2.19. The number of rotatable bonds is 2. The highest BCUT2D eigenvalue weighted by atomic mass is 16.3. The van der Waals surface area contributed by atoms with Crippen molar-refractivity contribution < 1.29 is 5.11 Å². The number of hydrogen-bond donors (Lipinski definition) is 1. The lowest BCUT2D eigenvalue weighted by Gasteiger charge is -2.09. The molecule has 1 aromatic rings. The summed E-state index contributed by atoms with van der Waals surface area (Å²) in [6.07, 6.45) is 4.76. The topological polar surface area (TPSA) is 33.1 Å². The lowest BCUT2D eigenvalue weighted by Crippen LogP contribution is -1.98. The van der Waals surface area contributed by atoms with Gasteiger partial charge >= 0.3 is 0 Å². The maximum Gasteiger partial charge on any atom is 0.101 e. The minimum Gasteiger partial charge on any atom is -0.384 e. The zero-order chi connectivity index (χ0) is 8.97. The van der Waals surface area contributed by atoms with Gasteiger partial charge in [0.2, 0.25) is 0 Å². The van der Waals surface area contributed by atoms with E-state index in [0.717, 1.165) is 11.1 Å². The van der Waals surface area contributed by atoms with E-state index in [2.05, 4.69) is 4.98 Å². The normalized spacial score (nSPS) is 14.4. The van der Waals surface area contributed by atoms with Crippen molar-refractivity contribution in [3.63, 3.8) is 0 Å². The molecule has 0 aliphatic rings. The van der Waals surface area contributed by atoms with Crippen LogP contribution >= 0.6 is 0 Å². The number of aliphatic hydroxyl groups excluding tert-OH is 1. The molecule has 0 radical (unpaired) electrons. The summed E-state index contributed by atoms with van der Waals surface area (Å²) in [6, 6.07) is 3.69. The predicted octanol–water partition coefficient (Wildman–Crippen LogP) is 2.08. The average molecular weight is 163 g/mol. The molecule has 0 aliphatic carbocycles. The van der Waals surface area contributed by atoms with Gasteiger partial charge in [-0.1, -0.05) is 12.1 Å². The maximum atomic E-state index is 9.68. The molecule has 0 amide bonds. The molecule has 0 bridgehead atoms. The van der Waals surface area contributed by atoms with Gasteiger partial charge in [-0.3, -0.25) is 4.98 Å². The van der Waals surface area contributed by atoms with Gasteiger partial charge in [0.05, 0.1) is 0 Å². The van der Waals surface area contributed by atoms with E-state index in [9.17, 15) is 5.11 Å². The summed E-state index contributed by atoms with van der Waals surface area (Å²) >= 11 is 0. The number of allylic oxidation sites excluding steroid dienone is 1. The van der Waals surface area contributed by atoms with E-state index in [1.165, 1.54) is 0 Å². The van der Waals surface area contributed by atoms with E-state index < -0.39 is 6.10 Å². The van der Waals surface area contributed by atoms with Crippen LogP contribution in [0.3, 0.4) is 0 Å². The predicted molar refractivity (Wildman–Crippen MR) is 48.6 cm³/mol. The fraction of sp³-hybridized carbons (Fsp3) is 0.300. The van der Waals surface area contributed by atoms with Crippen LogP contribution in [0.4, 0.5) is 0 Å². The number of nitrogens with zero attached hydrogens (tertiary/aromatic N) is 1. The third-order valence-corrected chi connectivity index (χ3v) is 1.89. The van der Waals surface area contributed by atoms with Gasteiger partial charge in [0.15, 0.2) is 0 Å². The first-order valence-electron chi connectivity index (χ1n) is 3.96. The Hall–Kier alpha value is -1.15. The molecule has 0 saturated heterocycles. The Morgan fingerprint density at radius 1 is 1.67 bits per heavy atom. The second-order valence-electron chi connectivity index (χ2n) is 2.72. The largest absolute Gasteiger partial charge is 0.384 e. The van der Waals surface area contributed by atoms with Crippen molar-refractivity contribution in [3.8, 4) is 0 Å². The third-order valence-electron chi connectivity index (χ3n) is 1.89. The van der Waals surface area contributed by atoms with E-state index in [1.54, 1.807) is 12.4 Å². The summed E-state index contributed by atoms with van der Waals surface area (Å²) < 4.78 is 0.